The molecule has 0 aromatic rings. The van der Waals surface area contributed by atoms with Gasteiger partial charge in [-0.15, -0.1) is 0 Å². The molecule has 1 aliphatic carbocycles. The zero-order valence-corrected chi connectivity index (χ0v) is 27.0. The zero-order chi connectivity index (χ0) is 28.1. The number of hydrogen-bond donors (Lipinski definition) is 1. The maximum Gasteiger partial charge on any atom is 0.305 e. The van der Waals surface area contributed by atoms with Crippen molar-refractivity contribution in [3.05, 3.63) is 0 Å². The van der Waals surface area contributed by atoms with E-state index in [0.29, 0.717) is 13.0 Å². The quantitative estimate of drug-likeness (QED) is 0.0712. The van der Waals surface area contributed by atoms with E-state index in [0.717, 1.165) is 25.3 Å². The minimum atomic E-state index is 0.0199. The highest BCUT2D eigenvalue weighted by molar-refractivity contribution is 5.69. The molecule has 0 aliphatic heterocycles. The molecule has 1 rings (SSSR count). The third-order valence-electron chi connectivity index (χ3n) is 9.19. The number of esters is 1. The van der Waals surface area contributed by atoms with Crippen molar-refractivity contribution < 1.29 is 14.4 Å². The SMILES string of the molecule is CCCCCCCCCCCCCCCC[NH+](C)CCCOC(=O)CCCCCCCCCCC1CCCC1. The summed E-state index contributed by atoms with van der Waals surface area (Å²) in [6.45, 7) is 5.28. The van der Waals surface area contributed by atoms with Crippen LogP contribution >= 0.6 is 0 Å². The fraction of sp³-hybridized carbons (Fsp3) is 0.972. The van der Waals surface area contributed by atoms with Gasteiger partial charge in [-0.2, -0.15) is 0 Å². The van der Waals surface area contributed by atoms with Crippen LogP contribution < -0.4 is 4.90 Å². The summed E-state index contributed by atoms with van der Waals surface area (Å²) in [5, 5.41) is 0. The smallest absolute Gasteiger partial charge is 0.305 e. The monoisotopic (exact) mass is 551 g/mol. The number of ether oxygens (including phenoxy) is 1. The second kappa shape index (κ2) is 28.9. The summed E-state index contributed by atoms with van der Waals surface area (Å²) in [5.41, 5.74) is 0. The van der Waals surface area contributed by atoms with Crippen LogP contribution in [0.3, 0.4) is 0 Å². The van der Waals surface area contributed by atoms with Gasteiger partial charge in [0, 0.05) is 12.8 Å². The summed E-state index contributed by atoms with van der Waals surface area (Å²) in [6.07, 6.45) is 39.5. The lowest BCUT2D eigenvalue weighted by molar-refractivity contribution is -0.880. The van der Waals surface area contributed by atoms with Gasteiger partial charge in [-0.3, -0.25) is 4.79 Å². The number of carbonyl (C=O) groups excluding carboxylic acids is 1. The van der Waals surface area contributed by atoms with E-state index in [2.05, 4.69) is 14.0 Å². The Morgan fingerprint density at radius 3 is 1.56 bits per heavy atom. The number of quaternary nitrogens is 1. The van der Waals surface area contributed by atoms with Gasteiger partial charge in [-0.05, 0) is 25.2 Å². The first-order valence-electron chi connectivity index (χ1n) is 18.2. The molecule has 1 fully saturated rings. The molecule has 0 aromatic heterocycles. The molecule has 3 heteroatoms. The topological polar surface area (TPSA) is 30.7 Å². The van der Waals surface area contributed by atoms with Crippen LogP contribution in [0.2, 0.25) is 0 Å². The molecule has 3 nitrogen and oxygen atoms in total. The van der Waals surface area contributed by atoms with Crippen LogP contribution in [0.1, 0.15) is 193 Å². The Kier molecular flexibility index (Phi) is 27.1. The Labute approximate surface area is 246 Å². The molecule has 39 heavy (non-hydrogen) atoms. The minimum Gasteiger partial charge on any atom is -0.465 e. The molecule has 0 heterocycles. The summed E-state index contributed by atoms with van der Waals surface area (Å²) in [5.74, 6) is 1.08. The van der Waals surface area contributed by atoms with Crippen molar-refractivity contribution in [3.8, 4) is 0 Å². The summed E-state index contributed by atoms with van der Waals surface area (Å²) in [7, 11) is 2.29. The average Bonchev–Trinajstić information content (AvgIpc) is 3.46. The fourth-order valence-electron chi connectivity index (χ4n) is 6.44. The molecule has 232 valence electrons. The third-order valence-corrected chi connectivity index (χ3v) is 9.19. The van der Waals surface area contributed by atoms with Gasteiger partial charge in [0.2, 0.25) is 0 Å². The molecule has 0 amide bonds. The first-order chi connectivity index (χ1) is 19.2. The van der Waals surface area contributed by atoms with Gasteiger partial charge in [0.1, 0.15) is 0 Å². The molecular formula is C36H72NO2+. The van der Waals surface area contributed by atoms with Gasteiger partial charge in [-0.25, -0.2) is 0 Å². The second-order valence-corrected chi connectivity index (χ2v) is 13.1. The average molecular weight is 551 g/mol. The predicted octanol–water partition coefficient (Wildman–Crippen LogP) is 10.0. The van der Waals surface area contributed by atoms with E-state index in [1.54, 1.807) is 4.90 Å². The van der Waals surface area contributed by atoms with E-state index in [-0.39, 0.29) is 5.97 Å². The minimum absolute atomic E-state index is 0.0199. The Bertz CT molecular complexity index is 502. The summed E-state index contributed by atoms with van der Waals surface area (Å²) in [6, 6.07) is 0. The molecule has 1 saturated carbocycles. The number of carbonyl (C=O) groups is 1. The van der Waals surface area contributed by atoms with Crippen molar-refractivity contribution in [3.63, 3.8) is 0 Å². The highest BCUT2D eigenvalue weighted by Gasteiger charge is 2.13. The molecule has 0 aromatic carbocycles. The zero-order valence-electron chi connectivity index (χ0n) is 27.0. The maximum atomic E-state index is 12.0. The summed E-state index contributed by atoms with van der Waals surface area (Å²) >= 11 is 0. The van der Waals surface area contributed by atoms with E-state index in [4.69, 9.17) is 4.74 Å². The lowest BCUT2D eigenvalue weighted by atomic mass is 9.99. The van der Waals surface area contributed by atoms with Crippen LogP contribution in [0.5, 0.6) is 0 Å². The molecular weight excluding hydrogens is 478 g/mol. The largest absolute Gasteiger partial charge is 0.465 e. The van der Waals surface area contributed by atoms with Crippen LogP contribution in [-0.2, 0) is 9.53 Å². The molecule has 0 saturated heterocycles. The van der Waals surface area contributed by atoms with E-state index in [1.165, 1.54) is 173 Å². The van der Waals surface area contributed by atoms with Crippen molar-refractivity contribution in [2.75, 3.05) is 26.7 Å². The van der Waals surface area contributed by atoms with Crippen LogP contribution in [0.4, 0.5) is 0 Å². The number of hydrogen-bond acceptors (Lipinski definition) is 2. The first kappa shape index (κ1) is 36.5. The van der Waals surface area contributed by atoms with Gasteiger partial charge in [-0.1, -0.05) is 161 Å². The van der Waals surface area contributed by atoms with E-state index < -0.39 is 0 Å². The van der Waals surface area contributed by atoms with Crippen LogP contribution in [0.25, 0.3) is 0 Å². The normalized spacial score (nSPS) is 14.7. The van der Waals surface area contributed by atoms with Gasteiger partial charge in [0.15, 0.2) is 0 Å². The Hall–Kier alpha value is -0.570. The van der Waals surface area contributed by atoms with E-state index in [9.17, 15) is 4.79 Å². The molecule has 0 radical (unpaired) electrons. The Morgan fingerprint density at radius 1 is 0.590 bits per heavy atom. The van der Waals surface area contributed by atoms with Gasteiger partial charge in [0.05, 0.1) is 26.7 Å². The van der Waals surface area contributed by atoms with Crippen LogP contribution in [-0.4, -0.2) is 32.7 Å². The Morgan fingerprint density at radius 2 is 1.03 bits per heavy atom. The molecule has 0 spiro atoms. The number of nitrogens with one attached hydrogen (secondary N) is 1. The molecule has 1 atom stereocenters. The van der Waals surface area contributed by atoms with E-state index >= 15 is 0 Å². The highest BCUT2D eigenvalue weighted by atomic mass is 16.5. The summed E-state index contributed by atoms with van der Waals surface area (Å²) in [4.78, 5) is 13.6. The second-order valence-electron chi connectivity index (χ2n) is 13.1. The number of rotatable bonds is 30. The first-order valence-corrected chi connectivity index (χ1v) is 18.2. The third kappa shape index (κ3) is 26.1. The van der Waals surface area contributed by atoms with Crippen molar-refractivity contribution in [1.82, 2.24) is 0 Å². The van der Waals surface area contributed by atoms with Gasteiger partial charge in [0.25, 0.3) is 0 Å². The highest BCUT2D eigenvalue weighted by Crippen LogP contribution is 2.29. The predicted molar refractivity (Wildman–Crippen MR) is 171 cm³/mol. The van der Waals surface area contributed by atoms with Crippen LogP contribution in [0.15, 0.2) is 0 Å². The molecule has 0 bridgehead atoms. The van der Waals surface area contributed by atoms with Crippen molar-refractivity contribution in [2.24, 2.45) is 5.92 Å². The van der Waals surface area contributed by atoms with Gasteiger partial charge >= 0.3 is 5.97 Å². The summed E-state index contributed by atoms with van der Waals surface area (Å²) < 4.78 is 5.48. The van der Waals surface area contributed by atoms with Crippen LogP contribution in [0, 0.1) is 5.92 Å². The Balaban J connectivity index is 1.73. The molecule has 1 N–H and O–H groups in total. The number of unbranched alkanes of at least 4 members (excludes halogenated alkanes) is 20. The fourth-order valence-corrected chi connectivity index (χ4v) is 6.44. The molecule has 1 aliphatic rings. The van der Waals surface area contributed by atoms with Crippen molar-refractivity contribution >= 4 is 5.97 Å². The van der Waals surface area contributed by atoms with Crippen molar-refractivity contribution in [2.45, 2.75) is 193 Å². The molecule has 1 unspecified atom stereocenters. The maximum absolute atomic E-state index is 12.0. The van der Waals surface area contributed by atoms with Gasteiger partial charge < -0.3 is 9.64 Å². The van der Waals surface area contributed by atoms with E-state index in [1.807, 2.05) is 0 Å². The lowest BCUT2D eigenvalue weighted by Gasteiger charge is -2.14. The standard InChI is InChI=1S/C36H71NO2/c1-3-4-5-6-7-8-9-10-11-12-15-18-21-26-32-37(2)33-27-34-39-36(38)31-23-20-17-14-13-16-19-22-28-35-29-24-25-30-35/h35H,3-34H2,1-2H3/p+1. The van der Waals surface area contributed by atoms with Crippen molar-refractivity contribution in [1.29, 1.82) is 0 Å². The lowest BCUT2D eigenvalue weighted by Crippen LogP contribution is -3.09.